The van der Waals surface area contributed by atoms with Crippen LogP contribution in [-0.4, -0.2) is 24.6 Å². The standard InChI is InChI=1S/C14H21NS/c1-3-11-4-6-12(7-5-11)8-13-9-16-10-14(13)15-2/h4-7,13-15H,3,8-10H2,1-2H3. The third kappa shape index (κ3) is 2.80. The Morgan fingerprint density at radius 1 is 1.19 bits per heavy atom. The van der Waals surface area contributed by atoms with Gasteiger partial charge in [-0.1, -0.05) is 31.2 Å². The third-order valence-corrected chi connectivity index (χ3v) is 4.76. The van der Waals surface area contributed by atoms with Gasteiger partial charge in [0.15, 0.2) is 0 Å². The highest BCUT2D eigenvalue weighted by molar-refractivity contribution is 7.99. The largest absolute Gasteiger partial charge is 0.316 e. The first-order chi connectivity index (χ1) is 7.83. The Morgan fingerprint density at radius 2 is 1.88 bits per heavy atom. The van der Waals surface area contributed by atoms with Crippen molar-refractivity contribution >= 4 is 11.8 Å². The van der Waals surface area contributed by atoms with E-state index in [1.807, 2.05) is 0 Å². The van der Waals surface area contributed by atoms with Crippen LogP contribution in [0.2, 0.25) is 0 Å². The number of hydrogen-bond acceptors (Lipinski definition) is 2. The fourth-order valence-corrected chi connectivity index (χ4v) is 3.81. The van der Waals surface area contributed by atoms with Crippen molar-refractivity contribution in [2.45, 2.75) is 25.8 Å². The molecule has 1 aliphatic rings. The van der Waals surface area contributed by atoms with E-state index in [0.29, 0.717) is 6.04 Å². The van der Waals surface area contributed by atoms with E-state index >= 15 is 0 Å². The normalized spacial score (nSPS) is 24.9. The Balaban J connectivity index is 1.97. The van der Waals surface area contributed by atoms with Gasteiger partial charge in [-0.3, -0.25) is 0 Å². The number of hydrogen-bond donors (Lipinski definition) is 1. The summed E-state index contributed by atoms with van der Waals surface area (Å²) in [5.74, 6) is 3.39. The SMILES string of the molecule is CCc1ccc(CC2CSCC2NC)cc1. The average Bonchev–Trinajstić information content (AvgIpc) is 2.77. The predicted molar refractivity (Wildman–Crippen MR) is 73.2 cm³/mol. The van der Waals surface area contributed by atoms with Gasteiger partial charge in [0.2, 0.25) is 0 Å². The lowest BCUT2D eigenvalue weighted by Gasteiger charge is -2.18. The highest BCUT2D eigenvalue weighted by Crippen LogP contribution is 2.27. The van der Waals surface area contributed by atoms with Crippen molar-refractivity contribution in [3.63, 3.8) is 0 Å². The molecule has 1 aromatic carbocycles. The topological polar surface area (TPSA) is 12.0 Å². The van der Waals surface area contributed by atoms with Crippen molar-refractivity contribution in [3.05, 3.63) is 35.4 Å². The number of thioether (sulfide) groups is 1. The summed E-state index contributed by atoms with van der Waals surface area (Å²) in [6.07, 6.45) is 2.36. The molecule has 0 radical (unpaired) electrons. The molecule has 88 valence electrons. The maximum Gasteiger partial charge on any atom is 0.0194 e. The molecular weight excluding hydrogens is 214 g/mol. The summed E-state index contributed by atoms with van der Waals surface area (Å²) < 4.78 is 0. The number of nitrogens with one attached hydrogen (secondary N) is 1. The van der Waals surface area contributed by atoms with Crippen LogP contribution in [0.1, 0.15) is 18.1 Å². The number of aryl methyl sites for hydroxylation is 1. The summed E-state index contributed by atoms with van der Waals surface area (Å²) in [5, 5.41) is 3.44. The van der Waals surface area contributed by atoms with Crippen molar-refractivity contribution in [2.75, 3.05) is 18.6 Å². The van der Waals surface area contributed by atoms with Gasteiger partial charge < -0.3 is 5.32 Å². The van der Waals surface area contributed by atoms with Gasteiger partial charge in [0.25, 0.3) is 0 Å². The van der Waals surface area contributed by atoms with Crippen LogP contribution in [0.15, 0.2) is 24.3 Å². The van der Waals surface area contributed by atoms with E-state index in [2.05, 4.69) is 55.3 Å². The minimum absolute atomic E-state index is 0.704. The van der Waals surface area contributed by atoms with Gasteiger partial charge in [0.1, 0.15) is 0 Å². The van der Waals surface area contributed by atoms with Crippen LogP contribution in [0.25, 0.3) is 0 Å². The zero-order valence-corrected chi connectivity index (χ0v) is 11.0. The molecule has 2 atom stereocenters. The minimum atomic E-state index is 0.704. The first kappa shape index (κ1) is 12.0. The fourth-order valence-electron chi connectivity index (χ4n) is 2.33. The van der Waals surface area contributed by atoms with Crippen molar-refractivity contribution in [3.8, 4) is 0 Å². The van der Waals surface area contributed by atoms with Crippen LogP contribution in [0.5, 0.6) is 0 Å². The first-order valence-electron chi connectivity index (χ1n) is 6.16. The smallest absolute Gasteiger partial charge is 0.0194 e. The predicted octanol–water partition coefficient (Wildman–Crippen LogP) is 2.74. The summed E-state index contributed by atoms with van der Waals surface area (Å²) in [6, 6.07) is 9.84. The lowest BCUT2D eigenvalue weighted by molar-refractivity contribution is 0.453. The van der Waals surface area contributed by atoms with E-state index in [-0.39, 0.29) is 0 Å². The van der Waals surface area contributed by atoms with E-state index in [1.54, 1.807) is 0 Å². The van der Waals surface area contributed by atoms with Crippen LogP contribution in [0.4, 0.5) is 0 Å². The average molecular weight is 235 g/mol. The molecule has 1 aromatic rings. The van der Waals surface area contributed by atoms with Crippen molar-refractivity contribution < 1.29 is 0 Å². The van der Waals surface area contributed by atoms with Gasteiger partial charge in [-0.05, 0) is 42.7 Å². The molecule has 0 amide bonds. The minimum Gasteiger partial charge on any atom is -0.316 e. The third-order valence-electron chi connectivity index (χ3n) is 3.50. The van der Waals surface area contributed by atoms with E-state index in [4.69, 9.17) is 0 Å². The zero-order chi connectivity index (χ0) is 11.4. The molecule has 0 spiro atoms. The Kier molecular flexibility index (Phi) is 4.30. The lowest BCUT2D eigenvalue weighted by Crippen LogP contribution is -2.33. The zero-order valence-electron chi connectivity index (χ0n) is 10.2. The highest BCUT2D eigenvalue weighted by atomic mass is 32.2. The van der Waals surface area contributed by atoms with Gasteiger partial charge in [0.05, 0.1) is 0 Å². The second-order valence-electron chi connectivity index (χ2n) is 4.57. The molecule has 1 N–H and O–H groups in total. The van der Waals surface area contributed by atoms with Crippen LogP contribution in [-0.2, 0) is 12.8 Å². The maximum atomic E-state index is 3.44. The number of rotatable bonds is 4. The lowest BCUT2D eigenvalue weighted by atomic mass is 9.94. The monoisotopic (exact) mass is 235 g/mol. The van der Waals surface area contributed by atoms with E-state index in [0.717, 1.165) is 12.3 Å². The molecule has 1 nitrogen and oxygen atoms in total. The molecular formula is C14H21NS. The molecule has 1 fully saturated rings. The van der Waals surface area contributed by atoms with E-state index in [1.165, 1.54) is 29.1 Å². The van der Waals surface area contributed by atoms with Gasteiger partial charge in [-0.15, -0.1) is 0 Å². The molecule has 0 saturated carbocycles. The van der Waals surface area contributed by atoms with E-state index < -0.39 is 0 Å². The quantitative estimate of drug-likeness (QED) is 0.861. The van der Waals surface area contributed by atoms with Crippen LogP contribution in [0.3, 0.4) is 0 Å². The molecule has 2 rings (SSSR count). The molecule has 1 heterocycles. The second-order valence-corrected chi connectivity index (χ2v) is 5.64. The van der Waals surface area contributed by atoms with Gasteiger partial charge in [-0.2, -0.15) is 11.8 Å². The molecule has 0 bridgehead atoms. The molecule has 2 heteroatoms. The molecule has 0 aromatic heterocycles. The van der Waals surface area contributed by atoms with Crippen LogP contribution >= 0.6 is 11.8 Å². The van der Waals surface area contributed by atoms with Gasteiger partial charge >= 0.3 is 0 Å². The summed E-state index contributed by atoms with van der Waals surface area (Å²) in [4.78, 5) is 0. The van der Waals surface area contributed by atoms with E-state index in [9.17, 15) is 0 Å². The van der Waals surface area contributed by atoms with Crippen molar-refractivity contribution in [1.82, 2.24) is 5.32 Å². The van der Waals surface area contributed by atoms with Gasteiger partial charge in [0, 0.05) is 11.8 Å². The Bertz CT molecular complexity index is 320. The molecule has 2 unspecified atom stereocenters. The Morgan fingerprint density at radius 3 is 2.50 bits per heavy atom. The summed E-state index contributed by atoms with van der Waals surface area (Å²) >= 11 is 2.08. The summed E-state index contributed by atoms with van der Waals surface area (Å²) in [6.45, 7) is 2.21. The summed E-state index contributed by atoms with van der Waals surface area (Å²) in [7, 11) is 2.09. The molecule has 1 saturated heterocycles. The van der Waals surface area contributed by atoms with Gasteiger partial charge in [-0.25, -0.2) is 0 Å². The molecule has 16 heavy (non-hydrogen) atoms. The van der Waals surface area contributed by atoms with Crippen molar-refractivity contribution in [2.24, 2.45) is 5.92 Å². The fraction of sp³-hybridized carbons (Fsp3) is 0.571. The number of benzene rings is 1. The Hall–Kier alpha value is -0.470. The summed E-state index contributed by atoms with van der Waals surface area (Å²) in [5.41, 5.74) is 2.93. The maximum absolute atomic E-state index is 3.44. The highest BCUT2D eigenvalue weighted by Gasteiger charge is 2.26. The molecule has 1 aliphatic heterocycles. The second kappa shape index (κ2) is 5.74. The van der Waals surface area contributed by atoms with Crippen molar-refractivity contribution in [1.29, 1.82) is 0 Å². The van der Waals surface area contributed by atoms with Crippen LogP contribution in [0, 0.1) is 5.92 Å². The molecule has 0 aliphatic carbocycles. The Labute approximate surface area is 103 Å². The van der Waals surface area contributed by atoms with Crippen LogP contribution < -0.4 is 5.32 Å². The first-order valence-corrected chi connectivity index (χ1v) is 7.31.